The van der Waals surface area contributed by atoms with Crippen molar-refractivity contribution in [3.8, 4) is 5.75 Å². The van der Waals surface area contributed by atoms with Gasteiger partial charge in [-0.1, -0.05) is 0 Å². The number of carbonyl (C=O) groups excluding carboxylic acids is 1. The molecule has 1 atom stereocenters. The molecule has 0 aliphatic heterocycles. The van der Waals surface area contributed by atoms with Gasteiger partial charge in [0.05, 0.1) is 25.5 Å². The molecule has 1 N–H and O–H groups in total. The monoisotopic (exact) mass is 331 g/mol. The van der Waals surface area contributed by atoms with E-state index in [2.05, 4.69) is 15.4 Å². The van der Waals surface area contributed by atoms with Crippen LogP contribution in [0.25, 0.3) is 0 Å². The molecule has 0 fully saturated rings. The van der Waals surface area contributed by atoms with Gasteiger partial charge in [-0.15, -0.1) is 0 Å². The molecule has 7 nitrogen and oxygen atoms in total. The maximum Gasteiger partial charge on any atom is 0.317 e. The third-order valence-electron chi connectivity index (χ3n) is 3.57. The second-order valence-electron chi connectivity index (χ2n) is 5.52. The largest absolute Gasteiger partial charge is 0.487 e. The van der Waals surface area contributed by atoms with Gasteiger partial charge in [-0.25, -0.2) is 4.79 Å². The molecule has 2 heterocycles. The highest BCUT2D eigenvalue weighted by atomic mass is 16.5. The van der Waals surface area contributed by atoms with Crippen molar-refractivity contribution >= 4 is 6.03 Å². The molecule has 130 valence electrons. The Balaban J connectivity index is 1.80. The van der Waals surface area contributed by atoms with Crippen LogP contribution >= 0.6 is 0 Å². The summed E-state index contributed by atoms with van der Waals surface area (Å²) in [5.74, 6) is 0.693. The summed E-state index contributed by atoms with van der Waals surface area (Å²) in [5.41, 5.74) is 1.02. The van der Waals surface area contributed by atoms with Crippen LogP contribution in [0.1, 0.15) is 26.3 Å². The predicted molar refractivity (Wildman–Crippen MR) is 91.7 cm³/mol. The van der Waals surface area contributed by atoms with Crippen molar-refractivity contribution in [2.24, 2.45) is 0 Å². The highest BCUT2D eigenvalue weighted by Crippen LogP contribution is 2.09. The molecular formula is C17H25N5O2. The Bertz CT molecular complexity index is 629. The number of amides is 2. The van der Waals surface area contributed by atoms with Gasteiger partial charge in [0, 0.05) is 31.0 Å². The quantitative estimate of drug-likeness (QED) is 0.805. The van der Waals surface area contributed by atoms with Gasteiger partial charge in [0.25, 0.3) is 0 Å². The van der Waals surface area contributed by atoms with E-state index in [-0.39, 0.29) is 12.1 Å². The van der Waals surface area contributed by atoms with Gasteiger partial charge in [-0.2, -0.15) is 5.10 Å². The molecule has 2 amide bonds. The Morgan fingerprint density at radius 2 is 2.25 bits per heavy atom. The lowest BCUT2D eigenvalue weighted by atomic mass is 10.3. The molecule has 0 spiro atoms. The topological polar surface area (TPSA) is 72.3 Å². The molecule has 2 aromatic heterocycles. The molecule has 0 saturated carbocycles. The number of hydrogen-bond donors (Lipinski definition) is 1. The number of pyridine rings is 1. The molecule has 7 heteroatoms. The molecule has 0 saturated heterocycles. The first-order valence-corrected chi connectivity index (χ1v) is 8.23. The van der Waals surface area contributed by atoms with Gasteiger partial charge < -0.3 is 15.0 Å². The van der Waals surface area contributed by atoms with Crippen molar-refractivity contribution < 1.29 is 9.53 Å². The van der Waals surface area contributed by atoms with E-state index in [0.717, 1.165) is 12.1 Å². The maximum absolute atomic E-state index is 12.3. The standard InChI is InChI=1S/C17H25N5O2/c1-4-21(12-15-10-20-22(5-2)13-15)17(23)19-9-14(3)24-16-7-6-8-18-11-16/h6-8,10-11,13-14H,4-5,9,12H2,1-3H3,(H,19,23). The van der Waals surface area contributed by atoms with E-state index in [9.17, 15) is 4.79 Å². The van der Waals surface area contributed by atoms with Crippen LogP contribution in [0.15, 0.2) is 36.9 Å². The molecule has 0 aliphatic rings. The predicted octanol–water partition coefficient (Wildman–Crippen LogP) is 2.30. The number of nitrogens with zero attached hydrogens (tertiary/aromatic N) is 4. The minimum atomic E-state index is -0.139. The Morgan fingerprint density at radius 3 is 2.88 bits per heavy atom. The summed E-state index contributed by atoms with van der Waals surface area (Å²) in [5, 5.41) is 7.14. The van der Waals surface area contributed by atoms with E-state index in [4.69, 9.17) is 4.74 Å². The van der Waals surface area contributed by atoms with Gasteiger partial charge in [-0.05, 0) is 32.9 Å². The summed E-state index contributed by atoms with van der Waals surface area (Å²) < 4.78 is 7.56. The molecule has 0 aliphatic carbocycles. The van der Waals surface area contributed by atoms with Crippen LogP contribution in [0.5, 0.6) is 5.75 Å². The van der Waals surface area contributed by atoms with E-state index in [0.29, 0.717) is 25.4 Å². The van der Waals surface area contributed by atoms with E-state index >= 15 is 0 Å². The Kier molecular flexibility index (Phi) is 6.60. The highest BCUT2D eigenvalue weighted by Gasteiger charge is 2.14. The summed E-state index contributed by atoms with van der Waals surface area (Å²) in [6.45, 7) is 8.32. The number of carbonyl (C=O) groups is 1. The van der Waals surface area contributed by atoms with Gasteiger partial charge in [0.2, 0.25) is 0 Å². The van der Waals surface area contributed by atoms with Crippen molar-refractivity contribution in [2.75, 3.05) is 13.1 Å². The van der Waals surface area contributed by atoms with Crippen LogP contribution in [-0.4, -0.2) is 44.9 Å². The number of aromatic nitrogens is 3. The molecule has 0 radical (unpaired) electrons. The normalized spacial score (nSPS) is 11.8. The zero-order chi connectivity index (χ0) is 17.4. The van der Waals surface area contributed by atoms with Crippen LogP contribution in [-0.2, 0) is 13.1 Å². The second-order valence-corrected chi connectivity index (χ2v) is 5.52. The van der Waals surface area contributed by atoms with Crippen molar-refractivity contribution in [2.45, 2.75) is 40.0 Å². The number of ether oxygens (including phenoxy) is 1. The molecule has 24 heavy (non-hydrogen) atoms. The van der Waals surface area contributed by atoms with Crippen molar-refractivity contribution in [1.29, 1.82) is 0 Å². The smallest absolute Gasteiger partial charge is 0.317 e. The minimum Gasteiger partial charge on any atom is -0.487 e. The zero-order valence-corrected chi connectivity index (χ0v) is 14.5. The van der Waals surface area contributed by atoms with Crippen LogP contribution in [0, 0.1) is 0 Å². The summed E-state index contributed by atoms with van der Waals surface area (Å²) >= 11 is 0. The third kappa shape index (κ3) is 5.26. The van der Waals surface area contributed by atoms with E-state index in [1.807, 2.05) is 43.8 Å². The van der Waals surface area contributed by atoms with E-state index in [1.165, 1.54) is 0 Å². The van der Waals surface area contributed by atoms with Gasteiger partial charge in [0.15, 0.2) is 0 Å². The molecule has 0 aromatic carbocycles. The Morgan fingerprint density at radius 1 is 1.42 bits per heavy atom. The number of nitrogens with one attached hydrogen (secondary N) is 1. The Hall–Kier alpha value is -2.57. The van der Waals surface area contributed by atoms with Crippen LogP contribution in [0.2, 0.25) is 0 Å². The van der Waals surface area contributed by atoms with Crippen LogP contribution in [0.3, 0.4) is 0 Å². The number of urea groups is 1. The number of hydrogen-bond acceptors (Lipinski definition) is 4. The lowest BCUT2D eigenvalue weighted by molar-refractivity contribution is 0.182. The zero-order valence-electron chi connectivity index (χ0n) is 14.5. The number of aryl methyl sites for hydroxylation is 1. The van der Waals surface area contributed by atoms with Gasteiger partial charge >= 0.3 is 6.03 Å². The SMILES string of the molecule is CCN(Cc1cnn(CC)c1)C(=O)NCC(C)Oc1cccnc1. The van der Waals surface area contributed by atoms with Crippen molar-refractivity contribution in [1.82, 2.24) is 25.0 Å². The minimum absolute atomic E-state index is 0.108. The number of rotatable bonds is 8. The molecule has 2 aromatic rings. The van der Waals surface area contributed by atoms with Crippen LogP contribution in [0.4, 0.5) is 4.79 Å². The van der Waals surface area contributed by atoms with E-state index in [1.54, 1.807) is 23.5 Å². The summed E-state index contributed by atoms with van der Waals surface area (Å²) in [6.07, 6.45) is 6.97. The average molecular weight is 331 g/mol. The first kappa shape index (κ1) is 17.8. The lowest BCUT2D eigenvalue weighted by Gasteiger charge is -2.22. The molecular weight excluding hydrogens is 306 g/mol. The average Bonchev–Trinajstić information content (AvgIpc) is 3.06. The lowest BCUT2D eigenvalue weighted by Crippen LogP contribution is -2.42. The fourth-order valence-corrected chi connectivity index (χ4v) is 2.24. The molecule has 1 unspecified atom stereocenters. The van der Waals surface area contributed by atoms with Gasteiger partial charge in [0.1, 0.15) is 11.9 Å². The molecule has 0 bridgehead atoms. The maximum atomic E-state index is 12.3. The summed E-state index contributed by atoms with van der Waals surface area (Å²) in [6, 6.07) is 3.55. The van der Waals surface area contributed by atoms with Gasteiger partial charge in [-0.3, -0.25) is 9.67 Å². The van der Waals surface area contributed by atoms with Crippen molar-refractivity contribution in [3.63, 3.8) is 0 Å². The van der Waals surface area contributed by atoms with E-state index < -0.39 is 0 Å². The summed E-state index contributed by atoms with van der Waals surface area (Å²) in [4.78, 5) is 18.1. The van der Waals surface area contributed by atoms with Crippen LogP contribution < -0.4 is 10.1 Å². The second kappa shape index (κ2) is 8.90. The molecule has 2 rings (SSSR count). The fourth-order valence-electron chi connectivity index (χ4n) is 2.24. The first-order valence-electron chi connectivity index (χ1n) is 8.23. The summed E-state index contributed by atoms with van der Waals surface area (Å²) in [7, 11) is 0. The Labute approximate surface area is 142 Å². The fraction of sp³-hybridized carbons (Fsp3) is 0.471. The third-order valence-corrected chi connectivity index (χ3v) is 3.57. The highest BCUT2D eigenvalue weighted by molar-refractivity contribution is 5.74. The van der Waals surface area contributed by atoms with Crippen molar-refractivity contribution in [3.05, 3.63) is 42.5 Å². The first-order chi connectivity index (χ1) is 11.6.